The van der Waals surface area contributed by atoms with Crippen molar-refractivity contribution in [3.63, 3.8) is 0 Å². The maximum absolute atomic E-state index is 6.01. The number of nitrogen functional groups attached to an aromatic ring is 1. The molecule has 0 heterocycles. The smallest absolute Gasteiger partial charge is 0.142 e. The molecule has 0 radical (unpaired) electrons. The molecule has 4 N–H and O–H groups in total. The summed E-state index contributed by atoms with van der Waals surface area (Å²) >= 11 is 0. The Hall–Kier alpha value is -1.22. The van der Waals surface area contributed by atoms with Gasteiger partial charge in [0.15, 0.2) is 0 Å². The maximum atomic E-state index is 6.01. The van der Waals surface area contributed by atoms with E-state index < -0.39 is 0 Å². The molecule has 2 rings (SSSR count). The van der Waals surface area contributed by atoms with Crippen molar-refractivity contribution < 1.29 is 4.74 Å². The minimum absolute atomic E-state index is 0.145. The molecule has 1 aliphatic rings. The number of anilines is 1. The van der Waals surface area contributed by atoms with Gasteiger partial charge in [0.1, 0.15) is 5.75 Å². The van der Waals surface area contributed by atoms with Gasteiger partial charge in [-0.15, -0.1) is 0 Å². The van der Waals surface area contributed by atoms with E-state index in [2.05, 4.69) is 0 Å². The molecule has 0 amide bonds. The average molecular weight is 192 g/mol. The van der Waals surface area contributed by atoms with Crippen molar-refractivity contribution >= 4 is 5.69 Å². The van der Waals surface area contributed by atoms with Crippen LogP contribution in [0.2, 0.25) is 0 Å². The summed E-state index contributed by atoms with van der Waals surface area (Å²) in [6, 6.07) is 4.12. The van der Waals surface area contributed by atoms with Gasteiger partial charge >= 0.3 is 0 Å². The molecule has 3 heteroatoms. The molecule has 0 spiro atoms. The third-order valence-corrected chi connectivity index (χ3v) is 2.85. The second-order valence-electron chi connectivity index (χ2n) is 3.79. The number of ether oxygens (including phenoxy) is 1. The van der Waals surface area contributed by atoms with E-state index in [4.69, 9.17) is 16.2 Å². The van der Waals surface area contributed by atoms with Crippen LogP contribution in [0.25, 0.3) is 0 Å². The number of rotatable bonds is 1. The molecule has 1 aromatic rings. The highest BCUT2D eigenvalue weighted by Crippen LogP contribution is 2.34. The van der Waals surface area contributed by atoms with Crippen LogP contribution in [0.15, 0.2) is 12.1 Å². The molecular formula is C11H16N2O. The van der Waals surface area contributed by atoms with Crippen LogP contribution in [-0.4, -0.2) is 7.11 Å². The van der Waals surface area contributed by atoms with E-state index in [0.717, 1.165) is 25.0 Å². The van der Waals surface area contributed by atoms with Crippen LogP contribution in [0.1, 0.15) is 30.0 Å². The molecule has 3 nitrogen and oxygen atoms in total. The molecule has 0 unspecified atom stereocenters. The van der Waals surface area contributed by atoms with Crippen molar-refractivity contribution in [3.05, 3.63) is 23.3 Å². The number of aryl methyl sites for hydroxylation is 1. The van der Waals surface area contributed by atoms with E-state index in [-0.39, 0.29) is 6.04 Å². The van der Waals surface area contributed by atoms with Crippen LogP contribution in [-0.2, 0) is 6.42 Å². The van der Waals surface area contributed by atoms with Crippen molar-refractivity contribution in [2.45, 2.75) is 25.3 Å². The van der Waals surface area contributed by atoms with Gasteiger partial charge in [0.05, 0.1) is 12.8 Å². The molecule has 14 heavy (non-hydrogen) atoms. The standard InChI is InChI=1S/C11H16N2O/c1-14-11-5-7-3-2-4-9(12)8(7)6-10(11)13/h5-6,9H,2-4,12-13H2,1H3/t9-/m1/s1. The van der Waals surface area contributed by atoms with Gasteiger partial charge < -0.3 is 16.2 Å². The van der Waals surface area contributed by atoms with Crippen molar-refractivity contribution in [1.29, 1.82) is 0 Å². The van der Waals surface area contributed by atoms with Gasteiger partial charge in [-0.2, -0.15) is 0 Å². The van der Waals surface area contributed by atoms with Crippen LogP contribution >= 0.6 is 0 Å². The molecule has 1 aliphatic carbocycles. The van der Waals surface area contributed by atoms with E-state index in [1.807, 2.05) is 12.1 Å². The molecule has 0 bridgehead atoms. The van der Waals surface area contributed by atoms with Crippen molar-refractivity contribution in [3.8, 4) is 5.75 Å². The normalized spacial score (nSPS) is 20.3. The fraction of sp³-hybridized carbons (Fsp3) is 0.455. The van der Waals surface area contributed by atoms with E-state index >= 15 is 0 Å². The van der Waals surface area contributed by atoms with Crippen LogP contribution in [0, 0.1) is 0 Å². The summed E-state index contributed by atoms with van der Waals surface area (Å²) in [6.45, 7) is 0. The summed E-state index contributed by atoms with van der Waals surface area (Å²) in [5.41, 5.74) is 15.0. The van der Waals surface area contributed by atoms with Gasteiger partial charge in [-0.1, -0.05) is 0 Å². The quantitative estimate of drug-likeness (QED) is 0.664. The van der Waals surface area contributed by atoms with Crippen LogP contribution in [0.4, 0.5) is 5.69 Å². The Labute approximate surface area is 84.0 Å². The van der Waals surface area contributed by atoms with Gasteiger partial charge in [0, 0.05) is 6.04 Å². The van der Waals surface area contributed by atoms with Crippen molar-refractivity contribution in [2.75, 3.05) is 12.8 Å². The summed E-state index contributed by atoms with van der Waals surface area (Å²) in [4.78, 5) is 0. The van der Waals surface area contributed by atoms with E-state index in [0.29, 0.717) is 5.69 Å². The Kier molecular flexibility index (Phi) is 2.33. The molecule has 0 saturated heterocycles. The predicted octanol–water partition coefficient (Wildman–Crippen LogP) is 1.61. The van der Waals surface area contributed by atoms with E-state index in [1.54, 1.807) is 7.11 Å². The number of methoxy groups -OCH3 is 1. The Bertz CT molecular complexity index is 349. The van der Waals surface area contributed by atoms with E-state index in [9.17, 15) is 0 Å². The van der Waals surface area contributed by atoms with Crippen LogP contribution in [0.5, 0.6) is 5.75 Å². The second-order valence-corrected chi connectivity index (χ2v) is 3.79. The molecule has 0 saturated carbocycles. The lowest BCUT2D eigenvalue weighted by atomic mass is 9.87. The topological polar surface area (TPSA) is 61.3 Å². The first-order valence-corrected chi connectivity index (χ1v) is 4.94. The van der Waals surface area contributed by atoms with Gasteiger partial charge in [0.25, 0.3) is 0 Å². The monoisotopic (exact) mass is 192 g/mol. The summed E-state index contributed by atoms with van der Waals surface area (Å²) in [6.07, 6.45) is 3.29. The second kappa shape index (κ2) is 3.50. The zero-order chi connectivity index (χ0) is 10.1. The van der Waals surface area contributed by atoms with Crippen LogP contribution in [0.3, 0.4) is 0 Å². The largest absolute Gasteiger partial charge is 0.495 e. The molecule has 0 aliphatic heterocycles. The fourth-order valence-electron chi connectivity index (χ4n) is 2.06. The number of benzene rings is 1. The van der Waals surface area contributed by atoms with Crippen LogP contribution < -0.4 is 16.2 Å². The average Bonchev–Trinajstić information content (AvgIpc) is 2.19. The number of hydrogen-bond acceptors (Lipinski definition) is 3. The van der Waals surface area contributed by atoms with Crippen molar-refractivity contribution in [1.82, 2.24) is 0 Å². The predicted molar refractivity (Wildman–Crippen MR) is 57.3 cm³/mol. The molecule has 1 atom stereocenters. The highest BCUT2D eigenvalue weighted by Gasteiger charge is 2.18. The van der Waals surface area contributed by atoms with Gasteiger partial charge in [0.2, 0.25) is 0 Å². The Morgan fingerprint density at radius 3 is 2.93 bits per heavy atom. The highest BCUT2D eigenvalue weighted by atomic mass is 16.5. The zero-order valence-corrected chi connectivity index (χ0v) is 8.42. The Morgan fingerprint density at radius 2 is 2.21 bits per heavy atom. The van der Waals surface area contributed by atoms with Gasteiger partial charge in [-0.3, -0.25) is 0 Å². The van der Waals surface area contributed by atoms with Crippen molar-refractivity contribution in [2.24, 2.45) is 5.73 Å². The minimum atomic E-state index is 0.145. The maximum Gasteiger partial charge on any atom is 0.142 e. The molecule has 0 aromatic heterocycles. The Morgan fingerprint density at radius 1 is 1.43 bits per heavy atom. The highest BCUT2D eigenvalue weighted by molar-refractivity contribution is 5.58. The SMILES string of the molecule is COc1cc2c(cc1N)[C@H](N)CCC2. The molecule has 1 aromatic carbocycles. The molecular weight excluding hydrogens is 176 g/mol. The fourth-order valence-corrected chi connectivity index (χ4v) is 2.06. The lowest BCUT2D eigenvalue weighted by Crippen LogP contribution is -2.17. The number of fused-ring (bicyclic) bond motifs is 1. The summed E-state index contributed by atoms with van der Waals surface area (Å²) < 4.78 is 5.18. The summed E-state index contributed by atoms with van der Waals surface area (Å²) in [7, 11) is 1.64. The summed E-state index contributed by atoms with van der Waals surface area (Å²) in [5.74, 6) is 0.762. The number of nitrogens with two attached hydrogens (primary N) is 2. The molecule has 76 valence electrons. The first kappa shape index (κ1) is 9.34. The lowest BCUT2D eigenvalue weighted by Gasteiger charge is -2.23. The van der Waals surface area contributed by atoms with Gasteiger partial charge in [-0.05, 0) is 42.5 Å². The first-order chi connectivity index (χ1) is 6.72. The minimum Gasteiger partial charge on any atom is -0.495 e. The third-order valence-electron chi connectivity index (χ3n) is 2.85. The zero-order valence-electron chi connectivity index (χ0n) is 8.42. The first-order valence-electron chi connectivity index (χ1n) is 4.94. The Balaban J connectivity index is 2.48. The molecule has 0 fully saturated rings. The lowest BCUT2D eigenvalue weighted by molar-refractivity contribution is 0.415. The van der Waals surface area contributed by atoms with Gasteiger partial charge in [-0.25, -0.2) is 0 Å². The summed E-state index contributed by atoms with van der Waals surface area (Å²) in [5, 5.41) is 0. The number of hydrogen-bond donors (Lipinski definition) is 2. The third kappa shape index (κ3) is 1.44. The van der Waals surface area contributed by atoms with E-state index in [1.165, 1.54) is 11.1 Å².